The molecule has 0 unspecified atom stereocenters. The third-order valence-electron chi connectivity index (χ3n) is 13.8. The van der Waals surface area contributed by atoms with E-state index in [4.69, 9.17) is 0 Å². The molecule has 0 aliphatic heterocycles. The average molecular weight is 754 g/mol. The van der Waals surface area contributed by atoms with Gasteiger partial charge in [-0.15, -0.1) is 0 Å². The standard InChI is InChI=1S/C58H43N/c1-57(2)50-26-13-11-22-43(50)45-30-28-37(34-52(45)57)59(38-29-31-46-44-23-12-14-27-51(44)58(3,4)53(46)35-38)54-33-32-49-42-21-8-7-19-40(42)41-20-9-10-24-48(41)55(49)56(54)47-25-15-17-36-16-5-6-18-39(36)47/h5-35H,1-4H3. The van der Waals surface area contributed by atoms with Crippen molar-refractivity contribution in [2.45, 2.75) is 38.5 Å². The highest BCUT2D eigenvalue weighted by Gasteiger charge is 2.38. The Hall–Kier alpha value is -6.96. The van der Waals surface area contributed by atoms with Crippen LogP contribution >= 0.6 is 0 Å². The maximum atomic E-state index is 2.57. The van der Waals surface area contributed by atoms with E-state index in [1.54, 1.807) is 0 Å². The van der Waals surface area contributed by atoms with Gasteiger partial charge in [0.05, 0.1) is 5.69 Å². The number of nitrogens with zero attached hydrogens (tertiary/aromatic N) is 1. The van der Waals surface area contributed by atoms with E-state index in [1.807, 2.05) is 0 Å². The van der Waals surface area contributed by atoms with E-state index in [0.29, 0.717) is 0 Å². The van der Waals surface area contributed by atoms with Gasteiger partial charge in [-0.3, -0.25) is 0 Å². The van der Waals surface area contributed by atoms with Crippen molar-refractivity contribution >= 4 is 60.2 Å². The summed E-state index contributed by atoms with van der Waals surface area (Å²) in [5.41, 5.74) is 16.5. The zero-order valence-electron chi connectivity index (χ0n) is 33.8. The van der Waals surface area contributed by atoms with Gasteiger partial charge in [-0.25, -0.2) is 0 Å². The van der Waals surface area contributed by atoms with Crippen LogP contribution in [0.25, 0.3) is 76.5 Å². The molecule has 59 heavy (non-hydrogen) atoms. The fraction of sp³-hybridized carbons (Fsp3) is 0.103. The van der Waals surface area contributed by atoms with E-state index in [1.165, 1.54) is 98.7 Å². The Kier molecular flexibility index (Phi) is 7.10. The van der Waals surface area contributed by atoms with Crippen LogP contribution in [-0.2, 0) is 10.8 Å². The molecule has 0 aromatic heterocycles. The predicted octanol–water partition coefficient (Wildman–Crippen LogP) is 16.0. The first kappa shape index (κ1) is 34.1. The van der Waals surface area contributed by atoms with Crippen molar-refractivity contribution in [1.82, 2.24) is 0 Å². The van der Waals surface area contributed by atoms with E-state index < -0.39 is 0 Å². The fourth-order valence-electron chi connectivity index (χ4n) is 11.0. The van der Waals surface area contributed by atoms with Gasteiger partial charge >= 0.3 is 0 Å². The summed E-state index contributed by atoms with van der Waals surface area (Å²) in [6.45, 7) is 9.54. The molecule has 1 nitrogen and oxygen atoms in total. The summed E-state index contributed by atoms with van der Waals surface area (Å²) in [5, 5.41) is 10.1. The quantitative estimate of drug-likeness (QED) is 0.162. The lowest BCUT2D eigenvalue weighted by atomic mass is 9.82. The normalized spacial score (nSPS) is 14.4. The first-order valence-electron chi connectivity index (χ1n) is 20.9. The molecule has 0 bridgehead atoms. The molecule has 0 saturated carbocycles. The minimum atomic E-state index is -0.147. The van der Waals surface area contributed by atoms with E-state index in [-0.39, 0.29) is 10.8 Å². The summed E-state index contributed by atoms with van der Waals surface area (Å²) < 4.78 is 0. The molecule has 0 N–H and O–H groups in total. The van der Waals surface area contributed by atoms with Crippen molar-refractivity contribution in [3.8, 4) is 33.4 Å². The second-order valence-corrected chi connectivity index (χ2v) is 17.6. The van der Waals surface area contributed by atoms with Gasteiger partial charge in [0.2, 0.25) is 0 Å². The molecule has 10 aromatic carbocycles. The SMILES string of the molecule is CC1(C)c2ccccc2-c2ccc(N(c3ccc4c(c3)C(C)(C)c3ccccc3-4)c3ccc4c5ccccc5c5ccccc5c4c3-c3cccc4ccccc34)cc21. The maximum Gasteiger partial charge on any atom is 0.0546 e. The Morgan fingerprint density at radius 2 is 0.746 bits per heavy atom. The maximum absolute atomic E-state index is 2.57. The lowest BCUT2D eigenvalue weighted by Crippen LogP contribution is -2.18. The number of fused-ring (bicyclic) bond motifs is 13. The smallest absolute Gasteiger partial charge is 0.0546 e. The number of hydrogen-bond donors (Lipinski definition) is 0. The van der Waals surface area contributed by atoms with E-state index in [2.05, 4.69) is 221 Å². The molecule has 12 rings (SSSR count). The van der Waals surface area contributed by atoms with E-state index >= 15 is 0 Å². The molecule has 0 atom stereocenters. The van der Waals surface area contributed by atoms with E-state index in [9.17, 15) is 0 Å². The fourth-order valence-corrected chi connectivity index (χ4v) is 11.0. The molecule has 0 amide bonds. The third-order valence-corrected chi connectivity index (χ3v) is 13.8. The minimum Gasteiger partial charge on any atom is -0.310 e. The van der Waals surface area contributed by atoms with Crippen LogP contribution in [0, 0.1) is 0 Å². The lowest BCUT2D eigenvalue weighted by molar-refractivity contribution is 0.660. The molecule has 2 aliphatic carbocycles. The van der Waals surface area contributed by atoms with Crippen molar-refractivity contribution in [2.75, 3.05) is 4.90 Å². The van der Waals surface area contributed by atoms with Gasteiger partial charge in [-0.2, -0.15) is 0 Å². The summed E-state index contributed by atoms with van der Waals surface area (Å²) in [4.78, 5) is 2.57. The number of rotatable bonds is 4. The third kappa shape index (κ3) is 4.73. The second kappa shape index (κ2) is 12.3. The molecule has 1 heteroatoms. The highest BCUT2D eigenvalue weighted by molar-refractivity contribution is 6.30. The van der Waals surface area contributed by atoms with E-state index in [0.717, 1.165) is 17.1 Å². The van der Waals surface area contributed by atoms with Crippen molar-refractivity contribution in [3.05, 3.63) is 210 Å². The van der Waals surface area contributed by atoms with Crippen LogP contribution < -0.4 is 4.90 Å². The van der Waals surface area contributed by atoms with Crippen LogP contribution in [0.2, 0.25) is 0 Å². The summed E-state index contributed by atoms with van der Waals surface area (Å²) in [6, 6.07) is 70.8. The van der Waals surface area contributed by atoms with Gasteiger partial charge in [0.15, 0.2) is 0 Å². The monoisotopic (exact) mass is 753 g/mol. The first-order valence-corrected chi connectivity index (χ1v) is 20.9. The molecule has 280 valence electrons. The zero-order chi connectivity index (χ0) is 39.6. The predicted molar refractivity (Wildman–Crippen MR) is 252 cm³/mol. The molecular formula is C58H43N. The molecular weight excluding hydrogens is 711 g/mol. The van der Waals surface area contributed by atoms with Crippen molar-refractivity contribution in [1.29, 1.82) is 0 Å². The summed E-state index contributed by atoms with van der Waals surface area (Å²) in [7, 11) is 0. The molecule has 0 radical (unpaired) electrons. The van der Waals surface area contributed by atoms with Gasteiger partial charge in [0.1, 0.15) is 0 Å². The molecule has 0 heterocycles. The Morgan fingerprint density at radius 3 is 1.34 bits per heavy atom. The Labute approximate surface area is 345 Å². The minimum absolute atomic E-state index is 0.147. The van der Waals surface area contributed by atoms with Gasteiger partial charge in [0, 0.05) is 33.2 Å². The largest absolute Gasteiger partial charge is 0.310 e. The van der Waals surface area contributed by atoms with Gasteiger partial charge < -0.3 is 4.90 Å². The van der Waals surface area contributed by atoms with Crippen LogP contribution in [0.15, 0.2) is 188 Å². The highest BCUT2D eigenvalue weighted by atomic mass is 15.1. The summed E-state index contributed by atoms with van der Waals surface area (Å²) in [6.07, 6.45) is 0. The zero-order valence-corrected chi connectivity index (χ0v) is 33.8. The van der Waals surface area contributed by atoms with Crippen LogP contribution in [0.3, 0.4) is 0 Å². The second-order valence-electron chi connectivity index (χ2n) is 17.6. The summed E-state index contributed by atoms with van der Waals surface area (Å²) in [5.74, 6) is 0. The van der Waals surface area contributed by atoms with Crippen molar-refractivity contribution < 1.29 is 0 Å². The number of benzene rings is 10. The Balaban J connectivity index is 1.23. The number of hydrogen-bond acceptors (Lipinski definition) is 1. The molecule has 2 aliphatic rings. The van der Waals surface area contributed by atoms with Crippen LogP contribution in [0.5, 0.6) is 0 Å². The van der Waals surface area contributed by atoms with Gasteiger partial charge in [-0.05, 0) is 118 Å². The molecule has 10 aromatic rings. The Morgan fingerprint density at radius 1 is 0.322 bits per heavy atom. The van der Waals surface area contributed by atoms with Crippen LogP contribution in [0.1, 0.15) is 49.9 Å². The first-order chi connectivity index (χ1) is 28.8. The molecule has 0 saturated heterocycles. The van der Waals surface area contributed by atoms with Crippen molar-refractivity contribution in [2.24, 2.45) is 0 Å². The highest BCUT2D eigenvalue weighted by Crippen LogP contribution is 2.55. The van der Waals surface area contributed by atoms with Gasteiger partial charge in [-0.1, -0.05) is 185 Å². The average Bonchev–Trinajstić information content (AvgIpc) is 3.65. The molecule has 0 spiro atoms. The van der Waals surface area contributed by atoms with Gasteiger partial charge in [0.25, 0.3) is 0 Å². The topological polar surface area (TPSA) is 3.24 Å². The summed E-state index contributed by atoms with van der Waals surface area (Å²) >= 11 is 0. The van der Waals surface area contributed by atoms with Crippen molar-refractivity contribution in [3.63, 3.8) is 0 Å². The lowest BCUT2D eigenvalue weighted by Gasteiger charge is -2.32. The number of anilines is 3. The Bertz CT molecular complexity index is 3250. The van der Waals surface area contributed by atoms with Crippen LogP contribution in [-0.4, -0.2) is 0 Å². The molecule has 0 fully saturated rings. The van der Waals surface area contributed by atoms with Crippen LogP contribution in [0.4, 0.5) is 17.1 Å².